The number of rotatable bonds is 7. The Morgan fingerprint density at radius 3 is 2.62 bits per heavy atom. The van der Waals surface area contributed by atoms with E-state index in [0.29, 0.717) is 0 Å². The summed E-state index contributed by atoms with van der Waals surface area (Å²) in [6.45, 7) is 11.1. The van der Waals surface area contributed by atoms with Gasteiger partial charge in [0, 0.05) is 26.3 Å². The third-order valence-corrected chi connectivity index (χ3v) is 4.47. The van der Waals surface area contributed by atoms with Crippen LogP contribution in [-0.2, 0) is 6.54 Å². The van der Waals surface area contributed by atoms with E-state index in [1.165, 1.54) is 38.0 Å². The molecule has 4 heteroatoms. The lowest BCUT2D eigenvalue weighted by molar-refractivity contribution is 0.175. The highest BCUT2D eigenvalue weighted by molar-refractivity contribution is 5.37. The zero-order valence-corrected chi connectivity index (χ0v) is 13.8. The van der Waals surface area contributed by atoms with E-state index in [1.54, 1.807) is 0 Å². The van der Waals surface area contributed by atoms with Gasteiger partial charge >= 0.3 is 0 Å². The van der Waals surface area contributed by atoms with E-state index in [4.69, 9.17) is 0 Å². The Hall–Kier alpha value is -1.13. The van der Waals surface area contributed by atoms with E-state index in [2.05, 4.69) is 53.1 Å². The number of nitrogens with one attached hydrogen (secondary N) is 1. The molecule has 0 saturated carbocycles. The van der Waals surface area contributed by atoms with Gasteiger partial charge in [-0.2, -0.15) is 0 Å². The topological polar surface area (TPSA) is 31.4 Å². The lowest BCUT2D eigenvalue weighted by Gasteiger charge is -2.32. The number of anilines is 1. The van der Waals surface area contributed by atoms with E-state index in [9.17, 15) is 0 Å². The molecule has 1 aliphatic heterocycles. The van der Waals surface area contributed by atoms with Crippen molar-refractivity contribution >= 4 is 5.82 Å². The molecule has 2 rings (SSSR count). The summed E-state index contributed by atoms with van der Waals surface area (Å²) in [6, 6.07) is 4.36. The number of piperidine rings is 1. The fraction of sp³-hybridized carbons (Fsp3) is 0.706. The van der Waals surface area contributed by atoms with Gasteiger partial charge in [0.15, 0.2) is 0 Å². The summed E-state index contributed by atoms with van der Waals surface area (Å²) in [5.41, 5.74) is 1.33. The molecule has 1 saturated heterocycles. The molecular weight excluding hydrogens is 260 g/mol. The summed E-state index contributed by atoms with van der Waals surface area (Å²) in [6.07, 6.45) is 4.67. The SMILES string of the molecule is CCNCC1CCN(Cc2ccc(N(C)CC)nc2)CC1. The third-order valence-electron chi connectivity index (χ3n) is 4.47. The molecule has 1 aliphatic rings. The number of pyridine rings is 1. The van der Waals surface area contributed by atoms with Crippen LogP contribution in [0, 0.1) is 5.92 Å². The molecule has 4 nitrogen and oxygen atoms in total. The maximum atomic E-state index is 4.56. The predicted molar refractivity (Wildman–Crippen MR) is 89.7 cm³/mol. The quantitative estimate of drug-likeness (QED) is 0.835. The highest BCUT2D eigenvalue weighted by atomic mass is 15.2. The highest BCUT2D eigenvalue weighted by Crippen LogP contribution is 2.19. The minimum absolute atomic E-state index is 0.861. The molecule has 21 heavy (non-hydrogen) atoms. The Kier molecular flexibility index (Phi) is 6.46. The minimum atomic E-state index is 0.861. The second kappa shape index (κ2) is 8.35. The molecule has 0 unspecified atom stereocenters. The first-order valence-corrected chi connectivity index (χ1v) is 8.32. The Balaban J connectivity index is 1.78. The number of nitrogens with zero attached hydrogens (tertiary/aromatic N) is 3. The average molecular weight is 290 g/mol. The summed E-state index contributed by atoms with van der Waals surface area (Å²) in [7, 11) is 2.08. The van der Waals surface area contributed by atoms with E-state index in [0.717, 1.165) is 31.4 Å². The van der Waals surface area contributed by atoms with Crippen molar-refractivity contribution in [1.29, 1.82) is 0 Å². The zero-order chi connectivity index (χ0) is 15.1. The first-order chi connectivity index (χ1) is 10.2. The van der Waals surface area contributed by atoms with Crippen LogP contribution in [0.5, 0.6) is 0 Å². The van der Waals surface area contributed by atoms with Crippen molar-refractivity contribution in [2.75, 3.05) is 44.7 Å². The first kappa shape index (κ1) is 16.2. The fourth-order valence-corrected chi connectivity index (χ4v) is 2.85. The Labute approximate surface area is 129 Å². The van der Waals surface area contributed by atoms with Crippen LogP contribution in [0.2, 0.25) is 0 Å². The van der Waals surface area contributed by atoms with Crippen LogP contribution in [-0.4, -0.2) is 49.7 Å². The first-order valence-electron chi connectivity index (χ1n) is 8.32. The Bertz CT molecular complexity index is 396. The number of likely N-dealkylation sites (tertiary alicyclic amines) is 1. The van der Waals surface area contributed by atoms with Crippen molar-refractivity contribution in [2.45, 2.75) is 33.2 Å². The molecule has 1 aromatic heterocycles. The van der Waals surface area contributed by atoms with Crippen LogP contribution in [0.4, 0.5) is 5.82 Å². The van der Waals surface area contributed by atoms with Gasteiger partial charge in [-0.15, -0.1) is 0 Å². The van der Waals surface area contributed by atoms with Gasteiger partial charge in [-0.05, 0) is 63.5 Å². The standard InChI is InChI=1S/C17H30N4/c1-4-18-12-15-8-10-21(11-9-15)14-16-6-7-17(19-13-16)20(3)5-2/h6-7,13,15,18H,4-5,8-12,14H2,1-3H3. The second-order valence-corrected chi connectivity index (χ2v) is 6.07. The maximum absolute atomic E-state index is 4.56. The van der Waals surface area contributed by atoms with E-state index in [-0.39, 0.29) is 0 Å². The summed E-state index contributed by atoms with van der Waals surface area (Å²) in [5.74, 6) is 1.92. The lowest BCUT2D eigenvalue weighted by Crippen LogP contribution is -2.36. The van der Waals surface area contributed by atoms with Gasteiger partial charge in [-0.25, -0.2) is 4.98 Å². The summed E-state index contributed by atoms with van der Waals surface area (Å²) in [5, 5.41) is 3.47. The molecular formula is C17H30N4. The summed E-state index contributed by atoms with van der Waals surface area (Å²) in [4.78, 5) is 9.28. The molecule has 118 valence electrons. The lowest BCUT2D eigenvalue weighted by atomic mass is 9.96. The van der Waals surface area contributed by atoms with Crippen LogP contribution in [0.3, 0.4) is 0 Å². The smallest absolute Gasteiger partial charge is 0.128 e. The van der Waals surface area contributed by atoms with Crippen molar-refractivity contribution in [1.82, 2.24) is 15.2 Å². The largest absolute Gasteiger partial charge is 0.360 e. The van der Waals surface area contributed by atoms with Crippen LogP contribution in [0.25, 0.3) is 0 Å². The molecule has 0 amide bonds. The van der Waals surface area contributed by atoms with Crippen molar-refractivity contribution < 1.29 is 0 Å². The molecule has 0 atom stereocenters. The molecule has 1 aromatic rings. The van der Waals surface area contributed by atoms with Crippen LogP contribution >= 0.6 is 0 Å². The normalized spacial score (nSPS) is 17.1. The third kappa shape index (κ3) is 4.97. The molecule has 1 fully saturated rings. The molecule has 0 aromatic carbocycles. The van der Waals surface area contributed by atoms with Gasteiger partial charge in [0.05, 0.1) is 0 Å². The molecule has 0 bridgehead atoms. The monoisotopic (exact) mass is 290 g/mol. The van der Waals surface area contributed by atoms with Gasteiger partial charge < -0.3 is 10.2 Å². The van der Waals surface area contributed by atoms with Crippen LogP contribution in [0.15, 0.2) is 18.3 Å². The number of hydrogen-bond donors (Lipinski definition) is 1. The van der Waals surface area contributed by atoms with Crippen LogP contribution < -0.4 is 10.2 Å². The second-order valence-electron chi connectivity index (χ2n) is 6.07. The maximum Gasteiger partial charge on any atom is 0.128 e. The van der Waals surface area contributed by atoms with Crippen molar-refractivity contribution in [3.8, 4) is 0 Å². The Morgan fingerprint density at radius 2 is 2.05 bits per heavy atom. The van der Waals surface area contributed by atoms with Crippen molar-refractivity contribution in [2.24, 2.45) is 5.92 Å². The molecule has 2 heterocycles. The van der Waals surface area contributed by atoms with Gasteiger partial charge in [-0.1, -0.05) is 13.0 Å². The zero-order valence-electron chi connectivity index (χ0n) is 13.8. The Morgan fingerprint density at radius 1 is 1.29 bits per heavy atom. The molecule has 0 radical (unpaired) electrons. The summed E-state index contributed by atoms with van der Waals surface area (Å²) < 4.78 is 0. The van der Waals surface area contributed by atoms with E-state index < -0.39 is 0 Å². The van der Waals surface area contributed by atoms with Gasteiger partial charge in [-0.3, -0.25) is 4.90 Å². The predicted octanol–water partition coefficient (Wildman–Crippen LogP) is 2.36. The van der Waals surface area contributed by atoms with Crippen molar-refractivity contribution in [3.63, 3.8) is 0 Å². The molecule has 0 aliphatic carbocycles. The minimum Gasteiger partial charge on any atom is -0.360 e. The summed E-state index contributed by atoms with van der Waals surface area (Å²) >= 11 is 0. The van der Waals surface area contributed by atoms with Gasteiger partial charge in [0.1, 0.15) is 5.82 Å². The molecule has 0 spiro atoms. The van der Waals surface area contributed by atoms with E-state index >= 15 is 0 Å². The van der Waals surface area contributed by atoms with Gasteiger partial charge in [0.25, 0.3) is 0 Å². The molecule has 1 N–H and O–H groups in total. The van der Waals surface area contributed by atoms with Crippen molar-refractivity contribution in [3.05, 3.63) is 23.9 Å². The highest BCUT2D eigenvalue weighted by Gasteiger charge is 2.18. The van der Waals surface area contributed by atoms with E-state index in [1.807, 2.05) is 6.20 Å². The average Bonchev–Trinajstić information content (AvgIpc) is 2.54. The fourth-order valence-electron chi connectivity index (χ4n) is 2.85. The number of hydrogen-bond acceptors (Lipinski definition) is 4. The van der Waals surface area contributed by atoms with Gasteiger partial charge in [0.2, 0.25) is 0 Å². The number of aromatic nitrogens is 1. The van der Waals surface area contributed by atoms with Crippen LogP contribution in [0.1, 0.15) is 32.3 Å².